The second-order valence-corrected chi connectivity index (χ2v) is 6.21. The van der Waals surface area contributed by atoms with Crippen LogP contribution in [0, 0.1) is 11.8 Å². The Morgan fingerprint density at radius 3 is 2.61 bits per heavy atom. The van der Waals surface area contributed by atoms with E-state index in [1.165, 1.54) is 25.0 Å². The Morgan fingerprint density at radius 2 is 1.96 bits per heavy atom. The highest BCUT2D eigenvalue weighted by atomic mass is 19.3. The largest absolute Gasteiger partial charge is 0.435 e. The maximum atomic E-state index is 12.1. The van der Waals surface area contributed by atoms with Gasteiger partial charge in [0.25, 0.3) is 0 Å². The van der Waals surface area contributed by atoms with Crippen molar-refractivity contribution >= 4 is 11.6 Å². The number of carbonyl (C=O) groups is 1. The zero-order chi connectivity index (χ0) is 16.8. The summed E-state index contributed by atoms with van der Waals surface area (Å²) in [5.74, 6) is 1.16. The van der Waals surface area contributed by atoms with Crippen LogP contribution >= 0.6 is 0 Å². The van der Waals surface area contributed by atoms with Crippen LogP contribution in [0.5, 0.6) is 5.75 Å². The molecule has 23 heavy (non-hydrogen) atoms. The first kappa shape index (κ1) is 17.7. The molecule has 1 fully saturated rings. The number of halogens is 2. The maximum absolute atomic E-state index is 12.1. The van der Waals surface area contributed by atoms with Gasteiger partial charge in [0, 0.05) is 11.7 Å². The van der Waals surface area contributed by atoms with Crippen molar-refractivity contribution < 1.29 is 18.3 Å². The van der Waals surface area contributed by atoms with Crippen LogP contribution < -0.4 is 15.4 Å². The summed E-state index contributed by atoms with van der Waals surface area (Å²) in [6, 6.07) is 6.26. The van der Waals surface area contributed by atoms with Crippen molar-refractivity contribution in [1.29, 1.82) is 0 Å². The van der Waals surface area contributed by atoms with E-state index in [0.29, 0.717) is 23.6 Å². The monoisotopic (exact) mass is 326 g/mol. The van der Waals surface area contributed by atoms with Crippen LogP contribution in [0.25, 0.3) is 0 Å². The van der Waals surface area contributed by atoms with Crippen molar-refractivity contribution in [3.63, 3.8) is 0 Å². The number of alkyl halides is 2. The number of hydrogen-bond acceptors (Lipinski definition) is 3. The van der Waals surface area contributed by atoms with E-state index < -0.39 is 6.61 Å². The minimum atomic E-state index is -2.85. The molecule has 3 atom stereocenters. The summed E-state index contributed by atoms with van der Waals surface area (Å²) < 4.78 is 28.4. The molecule has 2 N–H and O–H groups in total. The fourth-order valence-electron chi connectivity index (χ4n) is 3.02. The summed E-state index contributed by atoms with van der Waals surface area (Å²) in [6.45, 7) is 1.87. The van der Waals surface area contributed by atoms with E-state index >= 15 is 0 Å². The van der Waals surface area contributed by atoms with Gasteiger partial charge in [-0.25, -0.2) is 0 Å². The highest BCUT2D eigenvalue weighted by Crippen LogP contribution is 2.29. The van der Waals surface area contributed by atoms with Crippen LogP contribution in [0.15, 0.2) is 24.3 Å². The Bertz CT molecular complexity index is 508. The number of rotatable bonds is 6. The van der Waals surface area contributed by atoms with E-state index in [1.807, 2.05) is 0 Å². The molecule has 128 valence electrons. The minimum Gasteiger partial charge on any atom is -0.435 e. The van der Waals surface area contributed by atoms with E-state index in [-0.39, 0.29) is 18.2 Å². The molecule has 1 aliphatic carbocycles. The van der Waals surface area contributed by atoms with Gasteiger partial charge in [-0.1, -0.05) is 26.7 Å². The molecule has 0 spiro atoms. The molecular weight excluding hydrogens is 302 g/mol. The van der Waals surface area contributed by atoms with Gasteiger partial charge >= 0.3 is 6.61 Å². The summed E-state index contributed by atoms with van der Waals surface area (Å²) in [7, 11) is 0. The molecule has 1 aliphatic rings. The molecule has 6 heteroatoms. The first-order valence-electron chi connectivity index (χ1n) is 8.04. The molecule has 2 rings (SSSR count). The quantitative estimate of drug-likeness (QED) is 0.839. The number of hydrogen-bond donors (Lipinski definition) is 2. The molecule has 0 saturated heterocycles. The molecule has 0 aliphatic heterocycles. The van der Waals surface area contributed by atoms with Crippen molar-refractivity contribution in [3.05, 3.63) is 24.3 Å². The van der Waals surface area contributed by atoms with E-state index in [2.05, 4.69) is 29.2 Å². The molecule has 0 aromatic heterocycles. The molecule has 1 aromatic carbocycles. The predicted octanol–water partition coefficient (Wildman–Crippen LogP) is 3.64. The first-order valence-corrected chi connectivity index (χ1v) is 8.04. The van der Waals surface area contributed by atoms with Crippen molar-refractivity contribution in [3.8, 4) is 5.75 Å². The van der Waals surface area contributed by atoms with Gasteiger partial charge in [-0.05, 0) is 42.5 Å². The lowest BCUT2D eigenvalue weighted by molar-refractivity contribution is -0.115. The van der Waals surface area contributed by atoms with Crippen LogP contribution in [0.3, 0.4) is 0 Å². The minimum absolute atomic E-state index is 0.0705. The van der Waals surface area contributed by atoms with Gasteiger partial charge < -0.3 is 15.4 Å². The highest BCUT2D eigenvalue weighted by molar-refractivity contribution is 5.92. The fourth-order valence-corrected chi connectivity index (χ4v) is 3.02. The Balaban J connectivity index is 1.78. The Kier molecular flexibility index (Phi) is 6.33. The zero-order valence-corrected chi connectivity index (χ0v) is 13.5. The van der Waals surface area contributed by atoms with Crippen molar-refractivity contribution in [2.75, 3.05) is 11.9 Å². The molecule has 0 heterocycles. The van der Waals surface area contributed by atoms with Gasteiger partial charge in [0.1, 0.15) is 5.75 Å². The van der Waals surface area contributed by atoms with Gasteiger partial charge in [0.2, 0.25) is 5.91 Å². The SMILES string of the molecule is CC1CCCC(NCC(=O)Nc2ccc(OC(F)F)cc2)C1C. The van der Waals surface area contributed by atoms with E-state index in [9.17, 15) is 13.6 Å². The van der Waals surface area contributed by atoms with Crippen LogP contribution in [0.4, 0.5) is 14.5 Å². The number of amides is 1. The average molecular weight is 326 g/mol. The Hall–Kier alpha value is -1.69. The molecule has 0 bridgehead atoms. The number of anilines is 1. The van der Waals surface area contributed by atoms with Crippen LogP contribution in [-0.2, 0) is 4.79 Å². The van der Waals surface area contributed by atoms with E-state index in [0.717, 1.165) is 6.42 Å². The third kappa shape index (κ3) is 5.46. The second-order valence-electron chi connectivity index (χ2n) is 6.21. The topological polar surface area (TPSA) is 50.4 Å². The van der Waals surface area contributed by atoms with Gasteiger partial charge in [0.05, 0.1) is 6.54 Å². The third-order valence-corrected chi connectivity index (χ3v) is 4.59. The van der Waals surface area contributed by atoms with Crippen LogP contribution in [0.2, 0.25) is 0 Å². The van der Waals surface area contributed by atoms with Crippen molar-refractivity contribution in [2.45, 2.75) is 45.8 Å². The standard InChI is InChI=1S/C17H24F2N2O2/c1-11-4-3-5-15(12(11)2)20-10-16(22)21-13-6-8-14(9-7-13)23-17(18)19/h6-9,11-12,15,17,20H,3-5,10H2,1-2H3,(H,21,22). The predicted molar refractivity (Wildman–Crippen MR) is 85.7 cm³/mol. The van der Waals surface area contributed by atoms with Crippen LogP contribution in [0.1, 0.15) is 33.1 Å². The molecule has 3 unspecified atom stereocenters. The lowest BCUT2D eigenvalue weighted by atomic mass is 9.78. The normalized spacial score (nSPS) is 24.5. The number of nitrogens with one attached hydrogen (secondary N) is 2. The second kappa shape index (κ2) is 8.24. The van der Waals surface area contributed by atoms with E-state index in [4.69, 9.17) is 0 Å². The van der Waals surface area contributed by atoms with Gasteiger partial charge in [-0.3, -0.25) is 4.79 Å². The number of carbonyl (C=O) groups excluding carboxylic acids is 1. The Labute approximate surface area is 135 Å². The molecule has 1 amide bonds. The maximum Gasteiger partial charge on any atom is 0.387 e. The fraction of sp³-hybridized carbons (Fsp3) is 0.588. The zero-order valence-electron chi connectivity index (χ0n) is 13.5. The van der Waals surface area contributed by atoms with E-state index in [1.54, 1.807) is 12.1 Å². The van der Waals surface area contributed by atoms with Crippen LogP contribution in [-0.4, -0.2) is 25.1 Å². The summed E-state index contributed by atoms with van der Waals surface area (Å²) in [6.07, 6.45) is 3.54. The lowest BCUT2D eigenvalue weighted by Crippen LogP contribution is -2.43. The smallest absolute Gasteiger partial charge is 0.387 e. The summed E-state index contributed by atoms with van der Waals surface area (Å²) >= 11 is 0. The summed E-state index contributed by atoms with van der Waals surface area (Å²) in [5.41, 5.74) is 0.559. The first-order chi connectivity index (χ1) is 11.0. The number of benzene rings is 1. The molecule has 0 radical (unpaired) electrons. The van der Waals surface area contributed by atoms with Crippen molar-refractivity contribution in [1.82, 2.24) is 5.32 Å². The summed E-state index contributed by atoms with van der Waals surface area (Å²) in [5, 5.41) is 6.07. The molecule has 1 aromatic rings. The van der Waals surface area contributed by atoms with Gasteiger partial charge in [-0.2, -0.15) is 8.78 Å². The Morgan fingerprint density at radius 1 is 1.26 bits per heavy atom. The van der Waals surface area contributed by atoms with Crippen molar-refractivity contribution in [2.24, 2.45) is 11.8 Å². The van der Waals surface area contributed by atoms with Gasteiger partial charge in [0.15, 0.2) is 0 Å². The number of ether oxygens (including phenoxy) is 1. The molecular formula is C17H24F2N2O2. The molecule has 4 nitrogen and oxygen atoms in total. The summed E-state index contributed by atoms with van der Waals surface area (Å²) in [4.78, 5) is 12.0. The lowest BCUT2D eigenvalue weighted by Gasteiger charge is -2.34. The average Bonchev–Trinajstić information content (AvgIpc) is 2.50. The molecule has 1 saturated carbocycles. The third-order valence-electron chi connectivity index (χ3n) is 4.59. The highest BCUT2D eigenvalue weighted by Gasteiger charge is 2.26. The van der Waals surface area contributed by atoms with Gasteiger partial charge in [-0.15, -0.1) is 0 Å².